The zero-order valence-corrected chi connectivity index (χ0v) is 25.1. The molecule has 3 aliphatic rings. The quantitative estimate of drug-likeness (QED) is 0.514. The van der Waals surface area contributed by atoms with Crippen molar-refractivity contribution in [3.8, 4) is 0 Å². The highest BCUT2D eigenvalue weighted by molar-refractivity contribution is 5.86. The van der Waals surface area contributed by atoms with Crippen LogP contribution in [0.5, 0.6) is 0 Å². The number of anilines is 3. The van der Waals surface area contributed by atoms with Crippen LogP contribution in [0.25, 0.3) is 0 Å². The highest BCUT2D eigenvalue weighted by Gasteiger charge is 2.43. The van der Waals surface area contributed by atoms with Crippen LogP contribution in [-0.2, 0) is 4.79 Å². The molecular weight excluding hydrogens is 476 g/mol. The summed E-state index contributed by atoms with van der Waals surface area (Å²) in [5.41, 5.74) is -0.714. The number of amides is 1. The Morgan fingerprint density at radius 3 is 1.87 bits per heavy atom. The minimum Gasteiger partial charge on any atom is -0.341 e. The number of nitrogens with one attached hydrogen (secondary N) is 1. The van der Waals surface area contributed by atoms with Gasteiger partial charge in [-0.3, -0.25) is 10.1 Å². The molecule has 38 heavy (non-hydrogen) atoms. The van der Waals surface area contributed by atoms with Gasteiger partial charge in [0.15, 0.2) is 0 Å². The summed E-state index contributed by atoms with van der Waals surface area (Å²) in [6.07, 6.45) is 8.33. The van der Waals surface area contributed by atoms with E-state index in [9.17, 15) is 4.79 Å². The Bertz CT molecular complexity index is 900. The molecule has 0 bridgehead atoms. The van der Waals surface area contributed by atoms with Crippen LogP contribution in [0, 0.1) is 5.92 Å². The van der Waals surface area contributed by atoms with Gasteiger partial charge < -0.3 is 19.6 Å². The fourth-order valence-electron chi connectivity index (χ4n) is 6.56. The van der Waals surface area contributed by atoms with Crippen LogP contribution < -0.4 is 20.0 Å². The monoisotopic (exact) mass is 528 g/mol. The molecule has 1 N–H and O–H groups in total. The van der Waals surface area contributed by atoms with E-state index in [1.165, 1.54) is 38.5 Å². The van der Waals surface area contributed by atoms with E-state index < -0.39 is 5.54 Å². The van der Waals surface area contributed by atoms with Crippen molar-refractivity contribution in [2.24, 2.45) is 5.92 Å². The first-order chi connectivity index (χ1) is 17.9. The number of carbonyl (C=O) groups is 1. The average molecular weight is 529 g/mol. The number of aromatic nitrogens is 3. The third kappa shape index (κ3) is 7.07. The van der Waals surface area contributed by atoms with E-state index >= 15 is 0 Å². The van der Waals surface area contributed by atoms with Gasteiger partial charge in [-0.15, -0.1) is 0 Å². The van der Waals surface area contributed by atoms with Gasteiger partial charge in [0.25, 0.3) is 0 Å². The molecule has 3 saturated heterocycles. The molecule has 0 aliphatic carbocycles. The summed E-state index contributed by atoms with van der Waals surface area (Å²) < 4.78 is 0. The van der Waals surface area contributed by atoms with Crippen LogP contribution in [0.15, 0.2) is 0 Å². The first kappa shape index (κ1) is 28.8. The largest absolute Gasteiger partial charge is 0.341 e. The predicted molar refractivity (Wildman–Crippen MR) is 156 cm³/mol. The molecule has 3 fully saturated rings. The molecule has 1 aromatic heterocycles. The van der Waals surface area contributed by atoms with Crippen LogP contribution in [0.3, 0.4) is 0 Å². The van der Waals surface area contributed by atoms with Gasteiger partial charge in [-0.2, -0.15) is 15.0 Å². The standard InChI is InChI=1S/C29H52N8O/c1-22(2)20-23(3)37(19-18-36-21-28(4,5)33-29(6,7)24(36)38)27-31-25(34-14-10-8-11-15-34)30-26(32-27)35-16-12-9-13-17-35/h22-23,33H,8-21H2,1-7H3. The molecule has 1 atom stereocenters. The Balaban J connectivity index is 1.65. The number of rotatable bonds is 9. The maximum Gasteiger partial charge on any atom is 0.242 e. The Morgan fingerprint density at radius 2 is 1.37 bits per heavy atom. The molecule has 1 aromatic rings. The average Bonchev–Trinajstić information content (AvgIpc) is 2.87. The Hall–Kier alpha value is -2.16. The minimum atomic E-state index is -0.577. The molecule has 4 rings (SSSR count). The van der Waals surface area contributed by atoms with Gasteiger partial charge in [-0.05, 0) is 85.5 Å². The third-order valence-electron chi connectivity index (χ3n) is 8.15. The number of hydrogen-bond donors (Lipinski definition) is 1. The molecule has 0 aromatic carbocycles. The number of carbonyl (C=O) groups excluding carboxylic acids is 1. The zero-order chi connectivity index (χ0) is 27.5. The summed E-state index contributed by atoms with van der Waals surface area (Å²) in [4.78, 5) is 37.6. The van der Waals surface area contributed by atoms with Crippen molar-refractivity contribution in [2.45, 2.75) is 111 Å². The summed E-state index contributed by atoms with van der Waals surface area (Å²) in [5, 5.41) is 3.52. The Morgan fingerprint density at radius 1 is 0.842 bits per heavy atom. The lowest BCUT2D eigenvalue weighted by atomic mass is 9.90. The molecule has 0 saturated carbocycles. The van der Waals surface area contributed by atoms with Gasteiger partial charge in [0.2, 0.25) is 23.8 Å². The van der Waals surface area contributed by atoms with E-state index in [4.69, 9.17) is 15.0 Å². The Labute approximate surface area is 230 Å². The molecule has 1 unspecified atom stereocenters. The van der Waals surface area contributed by atoms with Gasteiger partial charge in [0.05, 0.1) is 5.54 Å². The molecule has 9 nitrogen and oxygen atoms in total. The highest BCUT2D eigenvalue weighted by Crippen LogP contribution is 2.27. The number of piperidine rings is 2. The van der Waals surface area contributed by atoms with Crippen molar-refractivity contribution in [2.75, 3.05) is 60.5 Å². The summed E-state index contributed by atoms with van der Waals surface area (Å²) in [6.45, 7) is 21.2. The first-order valence-electron chi connectivity index (χ1n) is 15.1. The van der Waals surface area contributed by atoms with Crippen molar-refractivity contribution >= 4 is 23.8 Å². The molecule has 214 valence electrons. The van der Waals surface area contributed by atoms with E-state index in [0.29, 0.717) is 25.6 Å². The van der Waals surface area contributed by atoms with Gasteiger partial charge >= 0.3 is 0 Å². The first-order valence-corrected chi connectivity index (χ1v) is 15.1. The summed E-state index contributed by atoms with van der Waals surface area (Å²) in [7, 11) is 0. The molecule has 0 spiro atoms. The normalized spacial score (nSPS) is 22.6. The van der Waals surface area contributed by atoms with Gasteiger partial charge in [-0.25, -0.2) is 0 Å². The lowest BCUT2D eigenvalue weighted by Crippen LogP contribution is -2.70. The second-order valence-corrected chi connectivity index (χ2v) is 13.4. The lowest BCUT2D eigenvalue weighted by Gasteiger charge is -2.47. The zero-order valence-electron chi connectivity index (χ0n) is 25.1. The van der Waals surface area contributed by atoms with E-state index in [1.807, 2.05) is 18.7 Å². The fraction of sp³-hybridized carbons (Fsp3) is 0.862. The Kier molecular flexibility index (Phi) is 9.05. The number of piperazine rings is 1. The molecule has 9 heteroatoms. The van der Waals surface area contributed by atoms with E-state index in [2.05, 4.69) is 54.6 Å². The summed E-state index contributed by atoms with van der Waals surface area (Å²) in [6, 6.07) is 0.250. The smallest absolute Gasteiger partial charge is 0.242 e. The van der Waals surface area contributed by atoms with Crippen molar-refractivity contribution in [3.05, 3.63) is 0 Å². The van der Waals surface area contributed by atoms with Crippen molar-refractivity contribution in [1.29, 1.82) is 0 Å². The molecule has 0 radical (unpaired) electrons. The summed E-state index contributed by atoms with van der Waals surface area (Å²) >= 11 is 0. The van der Waals surface area contributed by atoms with Crippen LogP contribution in [0.1, 0.15) is 93.4 Å². The van der Waals surface area contributed by atoms with E-state index in [0.717, 1.165) is 50.4 Å². The van der Waals surface area contributed by atoms with E-state index in [-0.39, 0.29) is 17.5 Å². The second kappa shape index (κ2) is 11.9. The number of hydrogen-bond acceptors (Lipinski definition) is 8. The third-order valence-corrected chi connectivity index (χ3v) is 8.15. The summed E-state index contributed by atoms with van der Waals surface area (Å²) in [5.74, 6) is 3.11. The van der Waals surface area contributed by atoms with Gasteiger partial charge in [0, 0.05) is 57.4 Å². The van der Waals surface area contributed by atoms with Crippen LogP contribution in [0.4, 0.5) is 17.8 Å². The highest BCUT2D eigenvalue weighted by atomic mass is 16.2. The SMILES string of the molecule is CC(C)CC(C)N(CCN1CC(C)(C)NC(C)(C)C1=O)c1nc(N2CCCCC2)nc(N2CCCCC2)n1. The lowest BCUT2D eigenvalue weighted by molar-refractivity contribution is -0.143. The van der Waals surface area contributed by atoms with Gasteiger partial charge in [0.1, 0.15) is 0 Å². The maximum absolute atomic E-state index is 13.3. The second-order valence-electron chi connectivity index (χ2n) is 13.4. The fourth-order valence-corrected chi connectivity index (χ4v) is 6.56. The maximum atomic E-state index is 13.3. The van der Waals surface area contributed by atoms with Crippen molar-refractivity contribution in [1.82, 2.24) is 25.2 Å². The molecular formula is C29H52N8O. The van der Waals surface area contributed by atoms with Gasteiger partial charge in [-0.1, -0.05) is 13.8 Å². The molecule has 3 aliphatic heterocycles. The van der Waals surface area contributed by atoms with Crippen molar-refractivity contribution in [3.63, 3.8) is 0 Å². The predicted octanol–water partition coefficient (Wildman–Crippen LogP) is 4.08. The molecule has 1 amide bonds. The minimum absolute atomic E-state index is 0.137. The van der Waals surface area contributed by atoms with Crippen LogP contribution >= 0.6 is 0 Å². The number of nitrogens with zero attached hydrogens (tertiary/aromatic N) is 7. The topological polar surface area (TPSA) is 80.7 Å². The van der Waals surface area contributed by atoms with E-state index in [1.54, 1.807) is 0 Å². The van der Waals surface area contributed by atoms with Crippen molar-refractivity contribution < 1.29 is 4.79 Å². The molecule has 4 heterocycles. The van der Waals surface area contributed by atoms with Crippen LogP contribution in [0.2, 0.25) is 0 Å². The van der Waals surface area contributed by atoms with Crippen LogP contribution in [-0.4, -0.2) is 88.7 Å².